The van der Waals surface area contributed by atoms with Crippen LogP contribution in [0.4, 0.5) is 5.69 Å². The van der Waals surface area contributed by atoms with Crippen LogP contribution in [0, 0.1) is 6.92 Å². The van der Waals surface area contributed by atoms with E-state index < -0.39 is 0 Å². The summed E-state index contributed by atoms with van der Waals surface area (Å²) < 4.78 is 1.59. The van der Waals surface area contributed by atoms with Gasteiger partial charge in [-0.25, -0.2) is 9.67 Å². The normalized spacial score (nSPS) is 10.8. The number of nitrogens with one attached hydrogen (secondary N) is 1. The molecule has 0 saturated carbocycles. The van der Waals surface area contributed by atoms with Crippen LogP contribution in [0.5, 0.6) is 0 Å². The second-order valence-corrected chi connectivity index (χ2v) is 7.41. The molecular formula is C17H14N6OS2. The van der Waals surface area contributed by atoms with Crippen LogP contribution in [-0.2, 0) is 11.2 Å². The van der Waals surface area contributed by atoms with Gasteiger partial charge >= 0.3 is 0 Å². The molecule has 4 rings (SSSR count). The van der Waals surface area contributed by atoms with Gasteiger partial charge < -0.3 is 5.32 Å². The summed E-state index contributed by atoms with van der Waals surface area (Å²) in [5, 5.41) is 19.0. The summed E-state index contributed by atoms with van der Waals surface area (Å²) >= 11 is 3.20. The number of aryl methyl sites for hydroxylation is 1. The average molecular weight is 382 g/mol. The molecule has 1 aromatic carbocycles. The zero-order chi connectivity index (χ0) is 17.9. The highest BCUT2D eigenvalue weighted by Crippen LogP contribution is 2.28. The number of carbonyl (C=O) groups excluding carboxylic acids is 1. The molecule has 9 heteroatoms. The van der Waals surface area contributed by atoms with Gasteiger partial charge in [-0.3, -0.25) is 4.79 Å². The smallest absolute Gasteiger partial charge is 0.230 e. The molecule has 0 aliphatic carbocycles. The summed E-state index contributed by atoms with van der Waals surface area (Å²) in [6, 6.07) is 9.63. The van der Waals surface area contributed by atoms with Crippen molar-refractivity contribution in [1.29, 1.82) is 0 Å². The Morgan fingerprint density at radius 3 is 2.92 bits per heavy atom. The second kappa shape index (κ2) is 7.14. The van der Waals surface area contributed by atoms with Gasteiger partial charge in [0.2, 0.25) is 5.91 Å². The van der Waals surface area contributed by atoms with Gasteiger partial charge in [-0.2, -0.15) is 0 Å². The molecule has 130 valence electrons. The summed E-state index contributed by atoms with van der Waals surface area (Å²) in [6.45, 7) is 1.94. The van der Waals surface area contributed by atoms with Crippen molar-refractivity contribution >= 4 is 34.3 Å². The molecule has 0 aliphatic rings. The number of tetrazole rings is 1. The van der Waals surface area contributed by atoms with E-state index in [0.29, 0.717) is 0 Å². The summed E-state index contributed by atoms with van der Waals surface area (Å²) in [4.78, 5) is 18.0. The Kier molecular flexibility index (Phi) is 4.55. The first-order valence-electron chi connectivity index (χ1n) is 7.81. The van der Waals surface area contributed by atoms with E-state index in [-0.39, 0.29) is 12.3 Å². The number of thiophene rings is 1. The van der Waals surface area contributed by atoms with E-state index in [0.717, 1.165) is 32.5 Å². The fraction of sp³-hybridized carbons (Fsp3) is 0.118. The largest absolute Gasteiger partial charge is 0.326 e. The Morgan fingerprint density at radius 2 is 2.19 bits per heavy atom. The lowest BCUT2D eigenvalue weighted by molar-refractivity contribution is -0.115. The minimum absolute atomic E-state index is 0.0948. The first kappa shape index (κ1) is 16.6. The van der Waals surface area contributed by atoms with Gasteiger partial charge in [-0.1, -0.05) is 6.07 Å². The van der Waals surface area contributed by atoms with Gasteiger partial charge in [0.1, 0.15) is 11.3 Å². The molecule has 0 radical (unpaired) electrons. The Hall–Kier alpha value is -2.91. The van der Waals surface area contributed by atoms with Crippen LogP contribution in [0.3, 0.4) is 0 Å². The van der Waals surface area contributed by atoms with Crippen molar-refractivity contribution < 1.29 is 4.79 Å². The fourth-order valence-corrected chi connectivity index (χ4v) is 4.17. The van der Waals surface area contributed by atoms with Gasteiger partial charge in [0.05, 0.1) is 22.7 Å². The third kappa shape index (κ3) is 3.53. The summed E-state index contributed by atoms with van der Waals surface area (Å²) in [7, 11) is 0. The van der Waals surface area contributed by atoms with Gasteiger partial charge in [0.25, 0.3) is 0 Å². The molecule has 0 aliphatic heterocycles. The lowest BCUT2D eigenvalue weighted by Crippen LogP contribution is -2.15. The van der Waals surface area contributed by atoms with Crippen LogP contribution in [0.15, 0.2) is 47.4 Å². The molecule has 0 atom stereocenters. The molecule has 0 unspecified atom stereocenters. The molecule has 7 nitrogen and oxygen atoms in total. The minimum atomic E-state index is -0.0948. The number of nitrogens with zero attached hydrogens (tertiary/aromatic N) is 5. The minimum Gasteiger partial charge on any atom is -0.326 e. The molecule has 0 bridgehead atoms. The van der Waals surface area contributed by atoms with Gasteiger partial charge in [-0.05, 0) is 52.6 Å². The molecular weight excluding hydrogens is 368 g/mol. The van der Waals surface area contributed by atoms with Crippen LogP contribution in [-0.4, -0.2) is 31.1 Å². The van der Waals surface area contributed by atoms with E-state index in [9.17, 15) is 4.79 Å². The predicted octanol–water partition coefficient (Wildman–Crippen LogP) is 3.34. The quantitative estimate of drug-likeness (QED) is 0.572. The van der Waals surface area contributed by atoms with Crippen molar-refractivity contribution in [3.05, 3.63) is 58.7 Å². The van der Waals surface area contributed by atoms with Crippen LogP contribution in [0.1, 0.15) is 11.3 Å². The third-order valence-electron chi connectivity index (χ3n) is 3.70. The average Bonchev–Trinajstić information content (AvgIpc) is 3.37. The van der Waals surface area contributed by atoms with Crippen LogP contribution in [0.25, 0.3) is 15.6 Å². The molecule has 3 aromatic heterocycles. The number of thiazole rings is 1. The molecule has 4 aromatic rings. The van der Waals surface area contributed by atoms with Crippen molar-refractivity contribution in [2.75, 3.05) is 5.32 Å². The maximum Gasteiger partial charge on any atom is 0.230 e. The van der Waals surface area contributed by atoms with Crippen molar-refractivity contribution in [2.45, 2.75) is 13.3 Å². The Bertz CT molecular complexity index is 1020. The van der Waals surface area contributed by atoms with E-state index >= 15 is 0 Å². The maximum absolute atomic E-state index is 12.3. The number of aromatic nitrogens is 5. The van der Waals surface area contributed by atoms with Gasteiger partial charge in [0.15, 0.2) is 0 Å². The first-order valence-corrected chi connectivity index (χ1v) is 9.57. The van der Waals surface area contributed by atoms with E-state index in [4.69, 9.17) is 0 Å². The second-order valence-electron chi connectivity index (χ2n) is 5.60. The predicted molar refractivity (Wildman–Crippen MR) is 102 cm³/mol. The molecule has 0 fully saturated rings. The summed E-state index contributed by atoms with van der Waals surface area (Å²) in [5.74, 6) is -0.0948. The summed E-state index contributed by atoms with van der Waals surface area (Å²) in [6.07, 6.45) is 1.78. The molecule has 3 heterocycles. The molecule has 0 saturated heterocycles. The number of hydrogen-bond acceptors (Lipinski definition) is 7. The van der Waals surface area contributed by atoms with Gasteiger partial charge in [-0.15, -0.1) is 27.8 Å². The zero-order valence-corrected chi connectivity index (χ0v) is 15.4. The topological polar surface area (TPSA) is 85.6 Å². The lowest BCUT2D eigenvalue weighted by atomic mass is 10.1. The van der Waals surface area contributed by atoms with Crippen molar-refractivity contribution in [2.24, 2.45) is 0 Å². The van der Waals surface area contributed by atoms with E-state index in [2.05, 4.69) is 25.8 Å². The van der Waals surface area contributed by atoms with E-state index in [1.165, 1.54) is 6.33 Å². The highest BCUT2D eigenvalue weighted by Gasteiger charge is 2.11. The SMILES string of the molecule is Cc1cc(NC(=O)Cc2csc(-c3cccs3)n2)ccc1-n1cnnn1. The highest BCUT2D eigenvalue weighted by atomic mass is 32.1. The number of carbonyl (C=O) groups is 1. The van der Waals surface area contributed by atoms with E-state index in [1.807, 2.05) is 48.0 Å². The van der Waals surface area contributed by atoms with Crippen LogP contribution >= 0.6 is 22.7 Å². The van der Waals surface area contributed by atoms with Crippen molar-refractivity contribution in [3.8, 4) is 15.6 Å². The number of benzene rings is 1. The van der Waals surface area contributed by atoms with Crippen molar-refractivity contribution in [1.82, 2.24) is 25.2 Å². The Labute approximate surface area is 157 Å². The number of hydrogen-bond donors (Lipinski definition) is 1. The highest BCUT2D eigenvalue weighted by molar-refractivity contribution is 7.20. The number of anilines is 1. The Morgan fingerprint density at radius 1 is 1.27 bits per heavy atom. The fourth-order valence-electron chi connectivity index (χ4n) is 2.53. The molecule has 0 spiro atoms. The van der Waals surface area contributed by atoms with E-state index in [1.54, 1.807) is 27.4 Å². The zero-order valence-electron chi connectivity index (χ0n) is 13.8. The van der Waals surface area contributed by atoms with Crippen LogP contribution < -0.4 is 5.32 Å². The molecule has 1 amide bonds. The van der Waals surface area contributed by atoms with Gasteiger partial charge in [0, 0.05) is 11.1 Å². The number of amides is 1. The monoisotopic (exact) mass is 382 g/mol. The molecule has 26 heavy (non-hydrogen) atoms. The lowest BCUT2D eigenvalue weighted by Gasteiger charge is -2.08. The standard InChI is InChI=1S/C17H14N6OS2/c1-11-7-12(4-5-14(11)23-10-18-21-22-23)19-16(24)8-13-9-26-17(20-13)15-3-2-6-25-15/h2-7,9-10H,8H2,1H3,(H,19,24). The first-order chi connectivity index (χ1) is 12.7. The maximum atomic E-state index is 12.3. The summed E-state index contributed by atoms with van der Waals surface area (Å²) in [5.41, 5.74) is 3.34. The van der Waals surface area contributed by atoms with Crippen LogP contribution in [0.2, 0.25) is 0 Å². The number of rotatable bonds is 5. The third-order valence-corrected chi connectivity index (χ3v) is 5.63. The Balaban J connectivity index is 1.43. The van der Waals surface area contributed by atoms with Crippen molar-refractivity contribution in [3.63, 3.8) is 0 Å². The molecule has 1 N–H and O–H groups in total.